The largest absolute Gasteiger partial charge is 0.481 e. The first kappa shape index (κ1) is 17.1. The van der Waals surface area contributed by atoms with E-state index in [1.807, 2.05) is 22.8 Å². The van der Waals surface area contributed by atoms with Crippen LogP contribution in [-0.4, -0.2) is 16.6 Å². The van der Waals surface area contributed by atoms with Gasteiger partial charge in [0, 0.05) is 6.54 Å². The topological polar surface area (TPSA) is 43.6 Å². The summed E-state index contributed by atoms with van der Waals surface area (Å²) in [7, 11) is 0. The highest BCUT2D eigenvalue weighted by atomic mass is 32.1. The molecule has 128 valence electrons. The summed E-state index contributed by atoms with van der Waals surface area (Å²) in [4.78, 5) is 17.1. The molecule has 0 radical (unpaired) electrons. The van der Waals surface area contributed by atoms with Crippen LogP contribution in [0, 0.1) is 5.82 Å². The third-order valence-corrected chi connectivity index (χ3v) is 4.61. The van der Waals surface area contributed by atoms with E-state index in [-0.39, 0.29) is 5.82 Å². The number of rotatable bonds is 5. The van der Waals surface area contributed by atoms with Gasteiger partial charge in [-0.05, 0) is 37.3 Å². The van der Waals surface area contributed by atoms with Crippen molar-refractivity contribution in [2.24, 2.45) is 4.99 Å². The predicted octanol–water partition coefficient (Wildman–Crippen LogP) is 3.92. The zero-order chi connectivity index (χ0) is 17.8. The summed E-state index contributed by atoms with van der Waals surface area (Å²) < 4.78 is 21.6. The maximum Gasteiger partial charge on any atom is 0.289 e. The van der Waals surface area contributed by atoms with Crippen molar-refractivity contribution in [3.05, 3.63) is 71.8 Å². The summed E-state index contributed by atoms with van der Waals surface area (Å²) in [5.41, 5.74) is 0.814. The van der Waals surface area contributed by atoms with Crippen molar-refractivity contribution in [3.8, 4) is 5.75 Å². The molecule has 0 saturated carbocycles. The Labute approximate surface area is 148 Å². The lowest BCUT2D eigenvalue weighted by molar-refractivity contribution is -0.124. The molecule has 0 aliphatic carbocycles. The van der Waals surface area contributed by atoms with Crippen LogP contribution in [0.4, 0.5) is 4.39 Å². The number of carbonyl (C=O) groups is 1. The fourth-order valence-electron chi connectivity index (χ4n) is 2.38. The van der Waals surface area contributed by atoms with Gasteiger partial charge in [0.2, 0.25) is 0 Å². The zero-order valence-corrected chi connectivity index (χ0v) is 14.5. The third-order valence-electron chi connectivity index (χ3n) is 3.57. The Morgan fingerprint density at radius 1 is 1.36 bits per heavy atom. The number of hydrogen-bond acceptors (Lipinski definition) is 3. The van der Waals surface area contributed by atoms with E-state index in [0.29, 0.717) is 17.1 Å². The fraction of sp³-hybridized carbons (Fsp3) is 0.158. The van der Waals surface area contributed by atoms with Crippen LogP contribution in [0.1, 0.15) is 6.92 Å². The van der Waals surface area contributed by atoms with Crippen LogP contribution in [0.15, 0.2) is 66.2 Å². The van der Waals surface area contributed by atoms with E-state index in [2.05, 4.69) is 11.6 Å². The summed E-state index contributed by atoms with van der Waals surface area (Å²) in [6, 6.07) is 13.6. The number of thiazole rings is 1. The normalized spacial score (nSPS) is 13.0. The molecule has 0 aliphatic rings. The molecule has 1 amide bonds. The highest BCUT2D eigenvalue weighted by Crippen LogP contribution is 2.19. The van der Waals surface area contributed by atoms with Gasteiger partial charge >= 0.3 is 0 Å². The third kappa shape index (κ3) is 3.85. The van der Waals surface area contributed by atoms with Crippen LogP contribution >= 0.6 is 11.3 Å². The summed E-state index contributed by atoms with van der Waals surface area (Å²) in [6.07, 6.45) is 0.990. The number of fused-ring (bicyclic) bond motifs is 1. The first-order valence-electron chi connectivity index (χ1n) is 7.78. The molecule has 0 N–H and O–H groups in total. The highest BCUT2D eigenvalue weighted by molar-refractivity contribution is 7.16. The van der Waals surface area contributed by atoms with Gasteiger partial charge in [0.05, 0.1) is 10.2 Å². The number of halogens is 1. The minimum atomic E-state index is -0.721. The van der Waals surface area contributed by atoms with Gasteiger partial charge in [0.1, 0.15) is 11.6 Å². The van der Waals surface area contributed by atoms with Crippen molar-refractivity contribution in [1.29, 1.82) is 0 Å². The first-order chi connectivity index (χ1) is 12.1. The van der Waals surface area contributed by atoms with E-state index in [9.17, 15) is 9.18 Å². The Morgan fingerprint density at radius 3 is 2.84 bits per heavy atom. The van der Waals surface area contributed by atoms with Crippen molar-refractivity contribution >= 4 is 27.5 Å². The maximum absolute atomic E-state index is 13.5. The van der Waals surface area contributed by atoms with Crippen LogP contribution in [0.5, 0.6) is 5.75 Å². The lowest BCUT2D eigenvalue weighted by atomic mass is 10.3. The SMILES string of the molecule is C=CCn1c(=NC(=O)C(C)Oc2ccccc2)sc2cc(F)ccc21. The number of hydrogen-bond donors (Lipinski definition) is 0. The molecule has 1 unspecified atom stereocenters. The molecule has 1 atom stereocenters. The Bertz CT molecular complexity index is 976. The zero-order valence-electron chi connectivity index (χ0n) is 13.7. The highest BCUT2D eigenvalue weighted by Gasteiger charge is 2.15. The first-order valence-corrected chi connectivity index (χ1v) is 8.60. The summed E-state index contributed by atoms with van der Waals surface area (Å²) in [6.45, 7) is 5.86. The Morgan fingerprint density at radius 2 is 2.12 bits per heavy atom. The molecular weight excluding hydrogens is 339 g/mol. The van der Waals surface area contributed by atoms with Gasteiger partial charge < -0.3 is 9.30 Å². The lowest BCUT2D eigenvalue weighted by Gasteiger charge is -2.10. The number of carbonyl (C=O) groups excluding carboxylic acids is 1. The standard InChI is InChI=1S/C19H17FN2O2S/c1-3-11-22-16-10-9-14(20)12-17(16)25-19(22)21-18(23)13(2)24-15-7-5-4-6-8-15/h3-10,12-13H,1,11H2,2H3. The number of nitrogens with zero attached hydrogens (tertiary/aromatic N) is 2. The van der Waals surface area contributed by atoms with Gasteiger partial charge in [-0.15, -0.1) is 6.58 Å². The molecular formula is C19H17FN2O2S. The Balaban J connectivity index is 1.95. The van der Waals surface area contributed by atoms with Gasteiger partial charge in [-0.25, -0.2) is 4.39 Å². The van der Waals surface area contributed by atoms with Gasteiger partial charge in [-0.3, -0.25) is 4.79 Å². The van der Waals surface area contributed by atoms with Crippen molar-refractivity contribution in [3.63, 3.8) is 0 Å². The number of benzene rings is 2. The lowest BCUT2D eigenvalue weighted by Crippen LogP contribution is -2.25. The van der Waals surface area contributed by atoms with Crippen LogP contribution in [-0.2, 0) is 11.3 Å². The minimum Gasteiger partial charge on any atom is -0.481 e. The maximum atomic E-state index is 13.5. The molecule has 0 bridgehead atoms. The van der Waals surface area contributed by atoms with Gasteiger partial charge in [0.25, 0.3) is 5.91 Å². The molecule has 0 aliphatic heterocycles. The molecule has 4 nitrogen and oxygen atoms in total. The molecule has 0 spiro atoms. The van der Waals surface area contributed by atoms with Crippen molar-refractivity contribution in [1.82, 2.24) is 4.57 Å². The molecule has 6 heteroatoms. The van der Waals surface area contributed by atoms with Crippen LogP contribution < -0.4 is 9.54 Å². The van der Waals surface area contributed by atoms with Crippen molar-refractivity contribution < 1.29 is 13.9 Å². The molecule has 2 aromatic carbocycles. The quantitative estimate of drug-likeness (QED) is 0.650. The smallest absolute Gasteiger partial charge is 0.289 e. The minimum absolute atomic E-state index is 0.321. The van der Waals surface area contributed by atoms with E-state index in [1.54, 1.807) is 31.2 Å². The number of ether oxygens (including phenoxy) is 1. The second-order valence-electron chi connectivity index (χ2n) is 5.42. The number of aromatic nitrogens is 1. The molecule has 1 aromatic heterocycles. The Kier molecular flexibility index (Phi) is 5.09. The van der Waals surface area contributed by atoms with Gasteiger partial charge in [0.15, 0.2) is 10.9 Å². The van der Waals surface area contributed by atoms with E-state index in [0.717, 1.165) is 10.2 Å². The van der Waals surface area contributed by atoms with Gasteiger partial charge in [-0.2, -0.15) is 4.99 Å². The van der Waals surface area contributed by atoms with E-state index < -0.39 is 12.0 Å². The molecule has 0 fully saturated rings. The monoisotopic (exact) mass is 356 g/mol. The van der Waals surface area contributed by atoms with Crippen LogP contribution in [0.25, 0.3) is 10.2 Å². The van der Waals surface area contributed by atoms with E-state index >= 15 is 0 Å². The van der Waals surface area contributed by atoms with Crippen molar-refractivity contribution in [2.45, 2.75) is 19.6 Å². The van der Waals surface area contributed by atoms with Crippen LogP contribution in [0.3, 0.4) is 0 Å². The average molecular weight is 356 g/mol. The van der Waals surface area contributed by atoms with Crippen LogP contribution in [0.2, 0.25) is 0 Å². The van der Waals surface area contributed by atoms with Crippen molar-refractivity contribution in [2.75, 3.05) is 0 Å². The molecule has 1 heterocycles. The second kappa shape index (κ2) is 7.44. The van der Waals surface area contributed by atoms with E-state index in [1.165, 1.54) is 23.5 Å². The summed E-state index contributed by atoms with van der Waals surface area (Å²) in [5.74, 6) is -0.109. The number of allylic oxidation sites excluding steroid dienone is 1. The summed E-state index contributed by atoms with van der Waals surface area (Å²) in [5, 5.41) is 0. The summed E-state index contributed by atoms with van der Waals surface area (Å²) >= 11 is 1.26. The van der Waals surface area contributed by atoms with E-state index in [4.69, 9.17) is 4.74 Å². The molecule has 3 aromatic rings. The number of amides is 1. The molecule has 3 rings (SSSR count). The Hall–Kier alpha value is -2.73. The average Bonchev–Trinajstić information content (AvgIpc) is 2.92. The number of para-hydroxylation sites is 1. The molecule has 25 heavy (non-hydrogen) atoms. The van der Waals surface area contributed by atoms with Gasteiger partial charge in [-0.1, -0.05) is 35.6 Å². The predicted molar refractivity (Wildman–Crippen MR) is 97.1 cm³/mol. The second-order valence-corrected chi connectivity index (χ2v) is 6.43. The fourth-order valence-corrected chi connectivity index (χ4v) is 3.45. The molecule has 0 saturated heterocycles.